The first-order valence-electron chi connectivity index (χ1n) is 7.52. The van der Waals surface area contributed by atoms with E-state index in [2.05, 4.69) is 10.2 Å². The molecule has 1 aromatic carbocycles. The van der Waals surface area contributed by atoms with E-state index in [0.29, 0.717) is 24.8 Å². The van der Waals surface area contributed by atoms with Gasteiger partial charge in [-0.3, -0.25) is 9.69 Å². The van der Waals surface area contributed by atoms with Crippen molar-refractivity contribution in [2.24, 2.45) is 5.73 Å². The van der Waals surface area contributed by atoms with Gasteiger partial charge in [-0.2, -0.15) is 0 Å². The molecule has 22 heavy (non-hydrogen) atoms. The van der Waals surface area contributed by atoms with Gasteiger partial charge in [0.05, 0.1) is 24.8 Å². The number of hydrogen-bond acceptors (Lipinski definition) is 4. The van der Waals surface area contributed by atoms with Gasteiger partial charge in [0.2, 0.25) is 5.91 Å². The Kier molecular flexibility index (Phi) is 5.81. The molecule has 1 amide bonds. The van der Waals surface area contributed by atoms with Crippen molar-refractivity contribution in [3.05, 3.63) is 34.9 Å². The van der Waals surface area contributed by atoms with Crippen molar-refractivity contribution in [2.75, 3.05) is 32.8 Å². The maximum absolute atomic E-state index is 12.0. The molecule has 2 rings (SSSR count). The van der Waals surface area contributed by atoms with Crippen LogP contribution in [0.4, 0.5) is 0 Å². The molecule has 1 fully saturated rings. The summed E-state index contributed by atoms with van der Waals surface area (Å²) in [6.07, 6.45) is 0. The monoisotopic (exact) mass is 325 g/mol. The third-order valence-electron chi connectivity index (χ3n) is 3.78. The first-order valence-corrected chi connectivity index (χ1v) is 7.90. The largest absolute Gasteiger partial charge is 0.379 e. The van der Waals surface area contributed by atoms with Crippen LogP contribution in [0.2, 0.25) is 5.02 Å². The van der Waals surface area contributed by atoms with Gasteiger partial charge >= 0.3 is 0 Å². The van der Waals surface area contributed by atoms with Crippen molar-refractivity contribution >= 4 is 17.5 Å². The Bertz CT molecular complexity index is 493. The van der Waals surface area contributed by atoms with Crippen molar-refractivity contribution in [1.82, 2.24) is 10.2 Å². The van der Waals surface area contributed by atoms with Gasteiger partial charge in [-0.1, -0.05) is 23.7 Å². The first kappa shape index (κ1) is 17.2. The van der Waals surface area contributed by atoms with Crippen LogP contribution in [-0.4, -0.2) is 49.2 Å². The van der Waals surface area contributed by atoms with E-state index in [4.69, 9.17) is 22.1 Å². The fourth-order valence-electron chi connectivity index (χ4n) is 2.45. The van der Waals surface area contributed by atoms with E-state index < -0.39 is 5.54 Å². The number of carbonyl (C=O) groups is 1. The van der Waals surface area contributed by atoms with Gasteiger partial charge in [0.25, 0.3) is 0 Å². The zero-order valence-corrected chi connectivity index (χ0v) is 13.9. The fraction of sp³-hybridized carbons (Fsp3) is 0.562. The van der Waals surface area contributed by atoms with E-state index in [9.17, 15) is 4.79 Å². The Labute approximate surface area is 136 Å². The highest BCUT2D eigenvalue weighted by Crippen LogP contribution is 2.23. The van der Waals surface area contributed by atoms with Crippen LogP contribution in [-0.2, 0) is 9.53 Å². The molecule has 1 heterocycles. The Morgan fingerprint density at radius 1 is 1.36 bits per heavy atom. The average Bonchev–Trinajstić information content (AvgIpc) is 2.49. The number of hydrogen-bond donors (Lipinski definition) is 2. The Hall–Kier alpha value is -1.14. The lowest BCUT2D eigenvalue weighted by atomic mass is 10.0. The molecule has 0 aromatic heterocycles. The van der Waals surface area contributed by atoms with E-state index in [1.54, 1.807) is 13.8 Å². The summed E-state index contributed by atoms with van der Waals surface area (Å²) in [7, 11) is 0. The third kappa shape index (κ3) is 4.68. The highest BCUT2D eigenvalue weighted by Gasteiger charge is 2.26. The summed E-state index contributed by atoms with van der Waals surface area (Å²) < 4.78 is 5.41. The van der Waals surface area contributed by atoms with Gasteiger partial charge in [0, 0.05) is 24.7 Å². The maximum atomic E-state index is 12.0. The number of benzene rings is 1. The Morgan fingerprint density at radius 2 is 1.95 bits per heavy atom. The molecule has 5 nitrogen and oxygen atoms in total. The van der Waals surface area contributed by atoms with E-state index >= 15 is 0 Å². The van der Waals surface area contributed by atoms with Crippen molar-refractivity contribution in [2.45, 2.75) is 25.4 Å². The van der Waals surface area contributed by atoms with Crippen LogP contribution in [0.5, 0.6) is 0 Å². The summed E-state index contributed by atoms with van der Waals surface area (Å²) in [5.74, 6) is -0.153. The van der Waals surface area contributed by atoms with Crippen LogP contribution in [0.15, 0.2) is 24.3 Å². The van der Waals surface area contributed by atoms with E-state index in [1.165, 1.54) is 0 Å². The van der Waals surface area contributed by atoms with Crippen LogP contribution in [0.25, 0.3) is 0 Å². The maximum Gasteiger partial charge on any atom is 0.239 e. The second-order valence-corrected chi connectivity index (χ2v) is 6.58. The lowest BCUT2D eigenvalue weighted by molar-refractivity contribution is -0.125. The predicted molar refractivity (Wildman–Crippen MR) is 87.9 cm³/mol. The number of amides is 1. The van der Waals surface area contributed by atoms with E-state index in [1.807, 2.05) is 24.3 Å². The van der Waals surface area contributed by atoms with Crippen molar-refractivity contribution in [3.8, 4) is 0 Å². The molecule has 6 heteroatoms. The van der Waals surface area contributed by atoms with Crippen LogP contribution in [0, 0.1) is 0 Å². The highest BCUT2D eigenvalue weighted by atomic mass is 35.5. The summed E-state index contributed by atoms with van der Waals surface area (Å²) in [4.78, 5) is 14.4. The molecule has 1 saturated heterocycles. The summed E-state index contributed by atoms with van der Waals surface area (Å²) in [6, 6.07) is 7.84. The molecule has 1 aliphatic rings. The second-order valence-electron chi connectivity index (χ2n) is 6.15. The van der Waals surface area contributed by atoms with Gasteiger partial charge in [-0.25, -0.2) is 0 Å². The number of nitrogens with zero attached hydrogens (tertiary/aromatic N) is 1. The van der Waals surface area contributed by atoms with Gasteiger partial charge < -0.3 is 15.8 Å². The van der Waals surface area contributed by atoms with Crippen LogP contribution in [0.3, 0.4) is 0 Å². The number of halogens is 1. The molecule has 1 unspecified atom stereocenters. The number of ether oxygens (including phenoxy) is 1. The van der Waals surface area contributed by atoms with Crippen LogP contribution < -0.4 is 11.1 Å². The fourth-order valence-corrected chi connectivity index (χ4v) is 2.58. The topological polar surface area (TPSA) is 67.6 Å². The molecular weight excluding hydrogens is 302 g/mol. The molecule has 1 atom stereocenters. The molecule has 0 radical (unpaired) electrons. The second kappa shape index (κ2) is 7.42. The molecule has 0 bridgehead atoms. The molecule has 0 aliphatic carbocycles. The van der Waals surface area contributed by atoms with Gasteiger partial charge in [0.1, 0.15) is 0 Å². The standard InChI is InChI=1S/C16H24ClN3O2/c1-16(2,18)15(21)19-11-14(20-7-9-22-10-8-20)12-3-5-13(17)6-4-12/h3-6,14H,7-11,18H2,1-2H3,(H,19,21). The van der Waals surface area contributed by atoms with Crippen molar-refractivity contribution in [3.63, 3.8) is 0 Å². The molecule has 3 N–H and O–H groups in total. The summed E-state index contributed by atoms with van der Waals surface area (Å²) in [5.41, 5.74) is 6.09. The quantitative estimate of drug-likeness (QED) is 0.862. The summed E-state index contributed by atoms with van der Waals surface area (Å²) in [6.45, 7) is 7.02. The van der Waals surface area contributed by atoms with Gasteiger partial charge in [-0.15, -0.1) is 0 Å². The SMILES string of the molecule is CC(C)(N)C(=O)NCC(c1ccc(Cl)cc1)N1CCOCC1. The number of rotatable bonds is 5. The zero-order valence-electron chi connectivity index (χ0n) is 13.1. The van der Waals surface area contributed by atoms with E-state index in [-0.39, 0.29) is 11.9 Å². The van der Waals surface area contributed by atoms with Crippen LogP contribution in [0.1, 0.15) is 25.5 Å². The molecule has 1 aliphatic heterocycles. The third-order valence-corrected chi connectivity index (χ3v) is 4.03. The number of nitrogens with two attached hydrogens (primary N) is 1. The number of morpholine rings is 1. The van der Waals surface area contributed by atoms with E-state index in [0.717, 1.165) is 18.7 Å². The summed E-state index contributed by atoms with van der Waals surface area (Å²) in [5, 5.41) is 3.66. The highest BCUT2D eigenvalue weighted by molar-refractivity contribution is 6.30. The molecular formula is C16H24ClN3O2. The Morgan fingerprint density at radius 3 is 2.50 bits per heavy atom. The van der Waals surface area contributed by atoms with Gasteiger partial charge in [0.15, 0.2) is 0 Å². The minimum atomic E-state index is -0.879. The Balaban J connectivity index is 2.11. The molecule has 122 valence electrons. The van der Waals surface area contributed by atoms with Gasteiger partial charge in [-0.05, 0) is 31.5 Å². The first-order chi connectivity index (χ1) is 10.4. The molecule has 1 aromatic rings. The lowest BCUT2D eigenvalue weighted by Crippen LogP contribution is -2.51. The van der Waals surface area contributed by atoms with Crippen molar-refractivity contribution in [1.29, 1.82) is 0 Å². The van der Waals surface area contributed by atoms with Crippen LogP contribution >= 0.6 is 11.6 Å². The summed E-state index contributed by atoms with van der Waals surface area (Å²) >= 11 is 5.97. The number of carbonyl (C=O) groups excluding carboxylic acids is 1. The zero-order chi connectivity index (χ0) is 16.2. The smallest absolute Gasteiger partial charge is 0.239 e. The lowest BCUT2D eigenvalue weighted by Gasteiger charge is -2.35. The minimum absolute atomic E-state index is 0.0902. The minimum Gasteiger partial charge on any atom is -0.379 e. The molecule has 0 spiro atoms. The normalized spacial score (nSPS) is 18.0. The number of nitrogens with one attached hydrogen (secondary N) is 1. The predicted octanol–water partition coefficient (Wildman–Crippen LogP) is 1.57. The average molecular weight is 326 g/mol. The molecule has 0 saturated carbocycles. The van der Waals surface area contributed by atoms with Crippen molar-refractivity contribution < 1.29 is 9.53 Å².